The van der Waals surface area contributed by atoms with Crippen molar-refractivity contribution >= 4 is 28.3 Å². The van der Waals surface area contributed by atoms with Crippen LogP contribution in [0.5, 0.6) is 0 Å². The molecule has 3 heteroatoms. The molecule has 8 rings (SSSR count). The zero-order valence-electron chi connectivity index (χ0n) is 16.7. The fourth-order valence-electron chi connectivity index (χ4n) is 6.25. The lowest BCUT2D eigenvalue weighted by Crippen LogP contribution is -2.41. The van der Waals surface area contributed by atoms with Crippen LogP contribution in [0.25, 0.3) is 10.8 Å². The Morgan fingerprint density at radius 3 is 1.48 bits per heavy atom. The molecule has 0 N–H and O–H groups in total. The van der Waals surface area contributed by atoms with Gasteiger partial charge in [0.25, 0.3) is 0 Å². The van der Waals surface area contributed by atoms with Gasteiger partial charge in [-0.1, -0.05) is 78.9 Å². The first-order valence-corrected chi connectivity index (χ1v) is 10.8. The summed E-state index contributed by atoms with van der Waals surface area (Å²) in [5, 5.41) is 2.13. The van der Waals surface area contributed by atoms with Crippen LogP contribution in [0.4, 0.5) is 5.69 Å². The maximum absolute atomic E-state index is 13.8. The summed E-state index contributed by atoms with van der Waals surface area (Å²) in [6, 6.07) is 30.6. The average Bonchev–Trinajstić information content (AvgIpc) is 3.09. The molecule has 148 valence electrons. The largest absolute Gasteiger partial charge is 0.274 e. The molecule has 0 aromatic heterocycles. The van der Waals surface area contributed by atoms with Gasteiger partial charge < -0.3 is 0 Å². The molecule has 3 nitrogen and oxygen atoms in total. The van der Waals surface area contributed by atoms with E-state index in [1.165, 1.54) is 27.2 Å². The summed E-state index contributed by atoms with van der Waals surface area (Å²) in [5.41, 5.74) is 5.49. The van der Waals surface area contributed by atoms with Crippen LogP contribution < -0.4 is 4.90 Å². The van der Waals surface area contributed by atoms with Gasteiger partial charge in [-0.15, -0.1) is 0 Å². The minimum Gasteiger partial charge on any atom is -0.274 e. The minimum absolute atomic E-state index is 0.0655. The highest BCUT2D eigenvalue weighted by atomic mass is 16.2. The molecular weight excluding hydrogens is 382 g/mol. The fraction of sp³-hybridized carbons (Fsp3) is 0.143. The highest BCUT2D eigenvalue weighted by Gasteiger charge is 2.61. The van der Waals surface area contributed by atoms with Crippen molar-refractivity contribution in [2.45, 2.75) is 11.8 Å². The van der Waals surface area contributed by atoms with Crippen molar-refractivity contribution in [2.75, 3.05) is 4.90 Å². The number of anilines is 1. The van der Waals surface area contributed by atoms with Gasteiger partial charge in [0.05, 0.1) is 17.5 Å². The molecular formula is C28H19NO2. The summed E-state index contributed by atoms with van der Waals surface area (Å²) in [6.07, 6.45) is 0. The van der Waals surface area contributed by atoms with Gasteiger partial charge in [-0.05, 0) is 45.2 Å². The van der Waals surface area contributed by atoms with Crippen molar-refractivity contribution in [2.24, 2.45) is 11.8 Å². The first-order chi connectivity index (χ1) is 15.2. The number of hydrogen-bond acceptors (Lipinski definition) is 2. The molecule has 0 saturated carbocycles. The molecule has 2 bridgehead atoms. The standard InChI is InChI=1S/C28H19NO2/c30-27-25-23-19-9-3-4-10-20(19)24(22-12-6-5-11-21(22)23)26(25)28(31)29(27)18-14-13-16-7-1-2-8-17(16)15-18/h1-15,23-26H/t23?,24?,25-,26+. The number of imide groups is 1. The first kappa shape index (κ1) is 17.0. The van der Waals surface area contributed by atoms with E-state index in [-0.39, 0.29) is 35.5 Å². The van der Waals surface area contributed by atoms with E-state index in [0.717, 1.165) is 10.8 Å². The number of benzene rings is 4. The number of amides is 2. The third-order valence-corrected chi connectivity index (χ3v) is 7.44. The van der Waals surface area contributed by atoms with Crippen LogP contribution >= 0.6 is 0 Å². The average molecular weight is 401 g/mol. The van der Waals surface area contributed by atoms with E-state index in [2.05, 4.69) is 24.3 Å². The van der Waals surface area contributed by atoms with E-state index in [4.69, 9.17) is 0 Å². The summed E-state index contributed by atoms with van der Waals surface area (Å²) < 4.78 is 0. The molecule has 31 heavy (non-hydrogen) atoms. The fourth-order valence-corrected chi connectivity index (χ4v) is 6.25. The Bertz CT molecular complexity index is 1310. The Hall–Kier alpha value is -3.72. The summed E-state index contributed by atoms with van der Waals surface area (Å²) in [4.78, 5) is 29.1. The van der Waals surface area contributed by atoms with Gasteiger partial charge in [0.2, 0.25) is 11.8 Å². The summed E-state index contributed by atoms with van der Waals surface area (Å²) >= 11 is 0. The molecule has 4 aromatic rings. The Morgan fingerprint density at radius 2 is 0.968 bits per heavy atom. The van der Waals surface area contributed by atoms with Crippen LogP contribution in [0.15, 0.2) is 91.0 Å². The summed E-state index contributed by atoms with van der Waals surface area (Å²) in [5.74, 6) is -0.940. The number of carbonyl (C=O) groups is 2. The molecule has 0 spiro atoms. The Labute approximate surface area is 179 Å². The molecule has 2 atom stereocenters. The maximum Gasteiger partial charge on any atom is 0.238 e. The Kier molecular flexibility index (Phi) is 3.25. The second kappa shape index (κ2) is 5.92. The normalized spacial score (nSPS) is 25.5. The number of rotatable bonds is 1. The van der Waals surface area contributed by atoms with Crippen molar-refractivity contribution in [3.8, 4) is 0 Å². The van der Waals surface area contributed by atoms with Crippen LogP contribution in [-0.2, 0) is 9.59 Å². The topological polar surface area (TPSA) is 37.4 Å². The van der Waals surface area contributed by atoms with Crippen LogP contribution in [0, 0.1) is 11.8 Å². The highest BCUT2D eigenvalue weighted by Crippen LogP contribution is 2.61. The second-order valence-corrected chi connectivity index (χ2v) is 8.81. The molecule has 1 heterocycles. The van der Waals surface area contributed by atoms with E-state index in [9.17, 15) is 9.59 Å². The van der Waals surface area contributed by atoms with Crippen molar-refractivity contribution < 1.29 is 9.59 Å². The summed E-state index contributed by atoms with van der Waals surface area (Å²) in [6.45, 7) is 0. The minimum atomic E-state index is -0.339. The Morgan fingerprint density at radius 1 is 0.516 bits per heavy atom. The second-order valence-electron chi connectivity index (χ2n) is 8.81. The SMILES string of the molecule is O=C1[C@@H]2C3c4ccccc4C(c4ccccc43)[C@@H]2C(=O)N1c1ccc2ccccc2c1. The third kappa shape index (κ3) is 2.08. The van der Waals surface area contributed by atoms with Gasteiger partial charge >= 0.3 is 0 Å². The van der Waals surface area contributed by atoms with Gasteiger partial charge in [0.1, 0.15) is 0 Å². The van der Waals surface area contributed by atoms with Gasteiger partial charge in [-0.3, -0.25) is 9.59 Å². The quantitative estimate of drug-likeness (QED) is 0.409. The number of carbonyl (C=O) groups excluding carboxylic acids is 2. The van der Waals surface area contributed by atoms with Crippen molar-refractivity contribution in [3.63, 3.8) is 0 Å². The molecule has 1 fully saturated rings. The van der Waals surface area contributed by atoms with Gasteiger partial charge in [-0.25, -0.2) is 4.90 Å². The zero-order chi connectivity index (χ0) is 20.7. The monoisotopic (exact) mass is 401 g/mol. The predicted molar refractivity (Wildman–Crippen MR) is 120 cm³/mol. The van der Waals surface area contributed by atoms with Crippen LogP contribution in [0.2, 0.25) is 0 Å². The molecule has 4 aromatic carbocycles. The van der Waals surface area contributed by atoms with Gasteiger partial charge in [0.15, 0.2) is 0 Å². The smallest absolute Gasteiger partial charge is 0.238 e. The lowest BCUT2D eigenvalue weighted by Gasteiger charge is -2.45. The van der Waals surface area contributed by atoms with E-state index in [0.29, 0.717) is 5.69 Å². The molecule has 1 aliphatic heterocycles. The van der Waals surface area contributed by atoms with Crippen LogP contribution in [-0.4, -0.2) is 11.8 Å². The molecule has 0 unspecified atom stereocenters. The number of hydrogen-bond donors (Lipinski definition) is 0. The molecule has 1 saturated heterocycles. The van der Waals surface area contributed by atoms with Crippen molar-refractivity contribution in [1.29, 1.82) is 0 Å². The lowest BCUT2D eigenvalue weighted by atomic mass is 9.55. The Balaban J connectivity index is 1.42. The molecule has 0 radical (unpaired) electrons. The van der Waals surface area contributed by atoms with Crippen LogP contribution in [0.1, 0.15) is 34.1 Å². The van der Waals surface area contributed by atoms with E-state index in [1.54, 1.807) is 0 Å². The van der Waals surface area contributed by atoms with E-state index in [1.807, 2.05) is 66.7 Å². The number of nitrogens with zero attached hydrogens (tertiary/aromatic N) is 1. The number of fused-ring (bicyclic) bond motifs is 1. The zero-order valence-corrected chi connectivity index (χ0v) is 16.7. The van der Waals surface area contributed by atoms with Gasteiger partial charge in [0, 0.05) is 11.8 Å². The highest BCUT2D eigenvalue weighted by molar-refractivity contribution is 6.23. The van der Waals surface area contributed by atoms with Crippen molar-refractivity contribution in [1.82, 2.24) is 0 Å². The molecule has 3 aliphatic carbocycles. The van der Waals surface area contributed by atoms with E-state index < -0.39 is 0 Å². The van der Waals surface area contributed by atoms with E-state index >= 15 is 0 Å². The molecule has 4 aliphatic rings. The van der Waals surface area contributed by atoms with Gasteiger partial charge in [-0.2, -0.15) is 0 Å². The third-order valence-electron chi connectivity index (χ3n) is 7.44. The maximum atomic E-state index is 13.8. The van der Waals surface area contributed by atoms with Crippen molar-refractivity contribution in [3.05, 3.63) is 113 Å². The summed E-state index contributed by atoms with van der Waals surface area (Å²) in [7, 11) is 0. The predicted octanol–water partition coefficient (Wildman–Crippen LogP) is 5.24. The van der Waals surface area contributed by atoms with Crippen LogP contribution in [0.3, 0.4) is 0 Å². The lowest BCUT2D eigenvalue weighted by molar-refractivity contribution is -0.122. The first-order valence-electron chi connectivity index (χ1n) is 10.8. The molecule has 2 amide bonds.